The minimum absolute atomic E-state index is 0.0725. The molecule has 7 heteroatoms. The molecule has 35 heavy (non-hydrogen) atoms. The number of nitrogens with one attached hydrogen (secondary N) is 2. The van der Waals surface area contributed by atoms with E-state index in [-0.39, 0.29) is 11.5 Å². The van der Waals surface area contributed by atoms with Gasteiger partial charge < -0.3 is 10.6 Å². The zero-order valence-electron chi connectivity index (χ0n) is 18.9. The van der Waals surface area contributed by atoms with Crippen molar-refractivity contribution in [2.24, 2.45) is 0 Å². The third kappa shape index (κ3) is 6.05. The van der Waals surface area contributed by atoms with Crippen molar-refractivity contribution in [2.75, 3.05) is 11.9 Å². The van der Waals surface area contributed by atoms with Crippen LogP contribution in [0.5, 0.6) is 0 Å². The molecule has 1 heterocycles. The van der Waals surface area contributed by atoms with Gasteiger partial charge in [0.05, 0.1) is 10.6 Å². The van der Waals surface area contributed by atoms with E-state index in [1.165, 1.54) is 16.2 Å². The van der Waals surface area contributed by atoms with Crippen molar-refractivity contribution in [1.82, 2.24) is 9.88 Å². The monoisotopic (exact) mass is 485 g/mol. The first kappa shape index (κ1) is 24.0. The lowest BCUT2D eigenvalue weighted by Crippen LogP contribution is -2.32. The number of rotatable bonds is 8. The molecule has 2 amide bonds. The number of pyridine rings is 1. The van der Waals surface area contributed by atoms with Crippen molar-refractivity contribution in [3.05, 3.63) is 129 Å². The second-order valence-corrected chi connectivity index (χ2v) is 8.33. The first-order valence-corrected chi connectivity index (χ1v) is 11.6. The van der Waals surface area contributed by atoms with Gasteiger partial charge in [-0.2, -0.15) is 0 Å². The van der Waals surface area contributed by atoms with Crippen molar-refractivity contribution >= 4 is 29.1 Å². The first-order valence-electron chi connectivity index (χ1n) is 11.2. The molecule has 0 fully saturated rings. The van der Waals surface area contributed by atoms with Gasteiger partial charge in [0.25, 0.3) is 17.4 Å². The maximum absolute atomic E-state index is 13.0. The van der Waals surface area contributed by atoms with Gasteiger partial charge in [-0.1, -0.05) is 54.1 Å². The van der Waals surface area contributed by atoms with Crippen LogP contribution in [0.25, 0.3) is 5.69 Å². The van der Waals surface area contributed by atoms with Crippen LogP contribution in [0.4, 0.5) is 5.69 Å². The number of anilines is 1. The molecule has 3 aromatic carbocycles. The standard InChI is InChI=1S/C28H24ClN3O3/c29-25-13-5-4-11-23(25)27(34)31-21-14-16-22(17-15-21)32-19-7-12-24(28(32)35)26(33)30-18-6-10-20-8-2-1-3-9-20/h1-5,7-9,11-17,19H,6,10,18H2,(H,30,33)(H,31,34). The molecule has 4 aromatic rings. The third-order valence-corrected chi connectivity index (χ3v) is 5.81. The molecule has 0 unspecified atom stereocenters. The molecule has 0 aliphatic heterocycles. The van der Waals surface area contributed by atoms with E-state index in [0.717, 1.165) is 12.8 Å². The number of halogens is 1. The van der Waals surface area contributed by atoms with Gasteiger partial charge in [-0.3, -0.25) is 19.0 Å². The van der Waals surface area contributed by atoms with Crippen LogP contribution in [0.15, 0.2) is 102 Å². The molecule has 1 aromatic heterocycles. The summed E-state index contributed by atoms with van der Waals surface area (Å²) in [5.41, 5.74) is 2.36. The molecule has 0 saturated carbocycles. The second kappa shape index (κ2) is 11.3. The first-order chi connectivity index (χ1) is 17.0. The normalized spacial score (nSPS) is 10.5. The SMILES string of the molecule is O=C(Nc1ccc(-n2cccc(C(=O)NCCCc3ccccc3)c2=O)cc1)c1ccccc1Cl. The van der Waals surface area contributed by atoms with Gasteiger partial charge in [0.1, 0.15) is 5.56 Å². The summed E-state index contributed by atoms with van der Waals surface area (Å²) in [5.74, 6) is -0.729. The van der Waals surface area contributed by atoms with Crippen LogP contribution in [0.1, 0.15) is 32.7 Å². The van der Waals surface area contributed by atoms with Crippen molar-refractivity contribution in [3.8, 4) is 5.69 Å². The van der Waals surface area contributed by atoms with Gasteiger partial charge in [-0.05, 0) is 66.9 Å². The zero-order valence-corrected chi connectivity index (χ0v) is 19.7. The molecule has 176 valence electrons. The Bertz CT molecular complexity index is 1380. The Balaban J connectivity index is 1.40. The van der Waals surface area contributed by atoms with E-state index < -0.39 is 11.5 Å². The number of carbonyl (C=O) groups excluding carboxylic acids is 2. The van der Waals surface area contributed by atoms with Crippen LogP contribution in [0, 0.1) is 0 Å². The predicted molar refractivity (Wildman–Crippen MR) is 139 cm³/mol. The van der Waals surface area contributed by atoms with Crippen molar-refractivity contribution in [2.45, 2.75) is 12.8 Å². The lowest BCUT2D eigenvalue weighted by Gasteiger charge is -2.11. The summed E-state index contributed by atoms with van der Waals surface area (Å²) in [4.78, 5) is 38.0. The van der Waals surface area contributed by atoms with Crippen LogP contribution in [0.2, 0.25) is 5.02 Å². The maximum atomic E-state index is 13.0. The Kier molecular flexibility index (Phi) is 7.75. The fourth-order valence-electron chi connectivity index (χ4n) is 3.65. The molecule has 0 atom stereocenters. The summed E-state index contributed by atoms with van der Waals surface area (Å²) in [6, 6.07) is 26.8. The average molecular weight is 486 g/mol. The summed E-state index contributed by atoms with van der Waals surface area (Å²) in [5, 5.41) is 5.98. The number of hydrogen-bond donors (Lipinski definition) is 2. The lowest BCUT2D eigenvalue weighted by molar-refractivity contribution is 0.0950. The molecular formula is C28H24ClN3O3. The van der Waals surface area contributed by atoms with Gasteiger partial charge in [-0.15, -0.1) is 0 Å². The molecule has 0 radical (unpaired) electrons. The van der Waals surface area contributed by atoms with Crippen LogP contribution >= 0.6 is 11.6 Å². The molecule has 0 aliphatic rings. The van der Waals surface area contributed by atoms with Crippen LogP contribution in [0.3, 0.4) is 0 Å². The lowest BCUT2D eigenvalue weighted by atomic mass is 10.1. The molecule has 0 saturated heterocycles. The number of amides is 2. The van der Waals surface area contributed by atoms with Crippen LogP contribution in [-0.4, -0.2) is 22.9 Å². The molecule has 6 nitrogen and oxygen atoms in total. The fourth-order valence-corrected chi connectivity index (χ4v) is 3.88. The summed E-state index contributed by atoms with van der Waals surface area (Å²) < 4.78 is 1.40. The molecule has 0 bridgehead atoms. The highest BCUT2D eigenvalue weighted by atomic mass is 35.5. The highest BCUT2D eigenvalue weighted by Crippen LogP contribution is 2.18. The topological polar surface area (TPSA) is 80.2 Å². The van der Waals surface area contributed by atoms with E-state index in [1.807, 2.05) is 30.3 Å². The Morgan fingerprint density at radius 1 is 0.771 bits per heavy atom. The number of hydrogen-bond acceptors (Lipinski definition) is 3. The zero-order chi connectivity index (χ0) is 24.6. The summed E-state index contributed by atoms with van der Waals surface area (Å²) in [7, 11) is 0. The number of benzene rings is 3. The Labute approximate surface area is 208 Å². The number of aryl methyl sites for hydroxylation is 1. The fraction of sp³-hybridized carbons (Fsp3) is 0.107. The third-order valence-electron chi connectivity index (χ3n) is 5.48. The molecule has 2 N–H and O–H groups in total. The molecule has 0 spiro atoms. The Morgan fingerprint density at radius 3 is 2.20 bits per heavy atom. The van der Waals surface area contributed by atoms with Crippen LogP contribution in [-0.2, 0) is 6.42 Å². The van der Waals surface area contributed by atoms with Crippen molar-refractivity contribution in [1.29, 1.82) is 0 Å². The van der Waals surface area contributed by atoms with E-state index >= 15 is 0 Å². The Hall–Kier alpha value is -4.16. The molecular weight excluding hydrogens is 462 g/mol. The number of nitrogens with zero attached hydrogens (tertiary/aromatic N) is 1. The Morgan fingerprint density at radius 2 is 1.46 bits per heavy atom. The number of aromatic nitrogens is 1. The summed E-state index contributed by atoms with van der Waals surface area (Å²) >= 11 is 6.08. The van der Waals surface area contributed by atoms with Gasteiger partial charge in [-0.25, -0.2) is 0 Å². The van der Waals surface area contributed by atoms with Gasteiger partial charge in [0.15, 0.2) is 0 Å². The average Bonchev–Trinajstić information content (AvgIpc) is 2.88. The van der Waals surface area contributed by atoms with Crippen molar-refractivity contribution < 1.29 is 9.59 Å². The summed E-state index contributed by atoms with van der Waals surface area (Å²) in [6.07, 6.45) is 3.23. The van der Waals surface area contributed by atoms with Gasteiger partial charge >= 0.3 is 0 Å². The summed E-state index contributed by atoms with van der Waals surface area (Å²) in [6.45, 7) is 0.474. The minimum atomic E-state index is -0.416. The predicted octanol–water partition coefficient (Wildman–Crippen LogP) is 5.11. The maximum Gasteiger partial charge on any atom is 0.267 e. The van der Waals surface area contributed by atoms with E-state index in [9.17, 15) is 14.4 Å². The second-order valence-electron chi connectivity index (χ2n) is 7.92. The highest BCUT2D eigenvalue weighted by Gasteiger charge is 2.13. The van der Waals surface area contributed by atoms with Gasteiger partial charge in [0, 0.05) is 24.1 Å². The smallest absolute Gasteiger partial charge is 0.267 e. The van der Waals surface area contributed by atoms with Crippen LogP contribution < -0.4 is 16.2 Å². The largest absolute Gasteiger partial charge is 0.352 e. The highest BCUT2D eigenvalue weighted by molar-refractivity contribution is 6.34. The molecule has 4 rings (SSSR count). The van der Waals surface area contributed by atoms with Gasteiger partial charge in [0.2, 0.25) is 0 Å². The van der Waals surface area contributed by atoms with E-state index in [4.69, 9.17) is 11.6 Å². The van der Waals surface area contributed by atoms with E-state index in [1.54, 1.807) is 60.8 Å². The number of carbonyl (C=O) groups is 2. The van der Waals surface area contributed by atoms with E-state index in [2.05, 4.69) is 10.6 Å². The quantitative estimate of drug-likeness (QED) is 0.340. The molecule has 0 aliphatic carbocycles. The van der Waals surface area contributed by atoms with E-state index in [0.29, 0.717) is 28.5 Å². The van der Waals surface area contributed by atoms with Crippen molar-refractivity contribution in [3.63, 3.8) is 0 Å². The minimum Gasteiger partial charge on any atom is -0.352 e.